The summed E-state index contributed by atoms with van der Waals surface area (Å²) in [6, 6.07) is 10.8. The highest BCUT2D eigenvalue weighted by molar-refractivity contribution is 7.92. The molecule has 0 saturated heterocycles. The monoisotopic (exact) mass is 470 g/mol. The molecule has 0 aliphatic carbocycles. The highest BCUT2D eigenvalue weighted by Gasteiger charge is 2.19. The highest BCUT2D eigenvalue weighted by atomic mass is 32.2. The second-order valence-corrected chi connectivity index (χ2v) is 9.41. The minimum Gasteiger partial charge on any atom is -0.490 e. The number of anilines is 1. The first-order valence-corrected chi connectivity index (χ1v) is 12.2. The molecule has 0 atom stereocenters. The Hall–Kier alpha value is -3.53. The molecule has 9 nitrogen and oxygen atoms in total. The fourth-order valence-corrected chi connectivity index (χ4v) is 4.49. The molecule has 33 heavy (non-hydrogen) atoms. The molecule has 2 N–H and O–H groups in total. The van der Waals surface area contributed by atoms with E-state index in [1.165, 1.54) is 12.1 Å². The van der Waals surface area contributed by atoms with Gasteiger partial charge in [0.2, 0.25) is 0 Å². The maximum atomic E-state index is 12.8. The Bertz CT molecular complexity index is 1220. The molecule has 1 amide bonds. The summed E-state index contributed by atoms with van der Waals surface area (Å²) < 4.78 is 41.0. The van der Waals surface area contributed by atoms with Crippen LogP contribution in [0.5, 0.6) is 11.5 Å². The Labute approximate surface area is 192 Å². The van der Waals surface area contributed by atoms with Crippen LogP contribution in [0.25, 0.3) is 0 Å². The van der Waals surface area contributed by atoms with Crippen LogP contribution in [0.1, 0.15) is 28.8 Å². The van der Waals surface area contributed by atoms with E-state index in [0.29, 0.717) is 42.5 Å². The number of benzene rings is 2. The fraction of sp³-hybridized carbons (Fsp3) is 0.304. The summed E-state index contributed by atoms with van der Waals surface area (Å²) in [5.41, 5.74) is 1.93. The summed E-state index contributed by atoms with van der Waals surface area (Å²) in [5.74, 6) is 0.728. The number of carbonyl (C=O) groups excluding carboxylic acids is 1. The molecule has 1 aliphatic heterocycles. The SMILES string of the molecule is Cn1cc(CCCNC(=O)c2ccc(NS(=O)(=O)c3ccc4c(c3)OCCCO4)cc2)cn1. The van der Waals surface area contributed by atoms with Crippen molar-refractivity contribution in [2.75, 3.05) is 24.5 Å². The van der Waals surface area contributed by atoms with Gasteiger partial charge in [-0.1, -0.05) is 0 Å². The van der Waals surface area contributed by atoms with Crippen LogP contribution in [-0.4, -0.2) is 43.9 Å². The Morgan fingerprint density at radius 3 is 2.58 bits per heavy atom. The van der Waals surface area contributed by atoms with Crippen molar-refractivity contribution < 1.29 is 22.7 Å². The van der Waals surface area contributed by atoms with Crippen molar-refractivity contribution in [3.05, 3.63) is 66.0 Å². The lowest BCUT2D eigenvalue weighted by Crippen LogP contribution is -2.24. The van der Waals surface area contributed by atoms with Crippen molar-refractivity contribution in [3.8, 4) is 11.5 Å². The predicted octanol–water partition coefficient (Wildman–Crippen LogP) is 2.74. The number of ether oxygens (including phenoxy) is 2. The Morgan fingerprint density at radius 2 is 1.85 bits per heavy atom. The van der Waals surface area contributed by atoms with Crippen molar-refractivity contribution in [2.24, 2.45) is 7.05 Å². The summed E-state index contributed by atoms with van der Waals surface area (Å²) in [6.45, 7) is 1.53. The third-order valence-electron chi connectivity index (χ3n) is 5.11. The van der Waals surface area contributed by atoms with Crippen LogP contribution in [-0.2, 0) is 23.5 Å². The number of amides is 1. The number of nitrogens with one attached hydrogen (secondary N) is 2. The number of fused-ring (bicyclic) bond motifs is 1. The standard InChI is InChI=1S/C23H26N4O5S/c1-27-16-17(15-25-27)4-2-11-24-23(28)18-5-7-19(8-6-18)26-33(29,30)20-9-10-21-22(14-20)32-13-3-12-31-21/h5-10,14-16,26H,2-4,11-13H2,1H3,(H,24,28). The van der Waals surface area contributed by atoms with Gasteiger partial charge < -0.3 is 14.8 Å². The van der Waals surface area contributed by atoms with Crippen molar-refractivity contribution in [3.63, 3.8) is 0 Å². The molecule has 1 aliphatic rings. The van der Waals surface area contributed by atoms with Gasteiger partial charge >= 0.3 is 0 Å². The number of aromatic nitrogens is 2. The van der Waals surface area contributed by atoms with Gasteiger partial charge in [0.05, 0.1) is 24.3 Å². The van der Waals surface area contributed by atoms with Gasteiger partial charge in [-0.25, -0.2) is 8.42 Å². The summed E-state index contributed by atoms with van der Waals surface area (Å²) in [7, 11) is -1.96. The van der Waals surface area contributed by atoms with Gasteiger partial charge in [0.15, 0.2) is 11.5 Å². The van der Waals surface area contributed by atoms with Crippen LogP contribution in [0.3, 0.4) is 0 Å². The molecule has 174 valence electrons. The second-order valence-electron chi connectivity index (χ2n) is 7.72. The maximum Gasteiger partial charge on any atom is 0.262 e. The molecular formula is C23H26N4O5S. The summed E-state index contributed by atoms with van der Waals surface area (Å²) in [6.07, 6.45) is 6.13. The average molecular weight is 471 g/mol. The molecule has 2 aromatic carbocycles. The molecule has 10 heteroatoms. The van der Waals surface area contributed by atoms with Gasteiger partial charge in [0.1, 0.15) is 0 Å². The normalized spacial score (nSPS) is 13.2. The van der Waals surface area contributed by atoms with E-state index in [0.717, 1.165) is 24.8 Å². The number of rotatable bonds is 8. The number of aryl methyl sites for hydroxylation is 2. The van der Waals surface area contributed by atoms with Gasteiger partial charge in [0, 0.05) is 43.5 Å². The van der Waals surface area contributed by atoms with E-state index in [1.807, 2.05) is 19.4 Å². The third kappa shape index (κ3) is 5.83. The van der Waals surface area contributed by atoms with E-state index in [4.69, 9.17) is 9.47 Å². The van der Waals surface area contributed by atoms with E-state index in [2.05, 4.69) is 15.1 Å². The molecule has 4 rings (SSSR count). The van der Waals surface area contributed by atoms with Gasteiger partial charge in [-0.2, -0.15) is 5.10 Å². The molecule has 2 heterocycles. The lowest BCUT2D eigenvalue weighted by molar-refractivity contribution is 0.0953. The van der Waals surface area contributed by atoms with Crippen LogP contribution < -0.4 is 19.5 Å². The Kier molecular flexibility index (Phi) is 6.83. The van der Waals surface area contributed by atoms with Crippen molar-refractivity contribution in [1.82, 2.24) is 15.1 Å². The van der Waals surface area contributed by atoms with E-state index in [1.54, 1.807) is 35.0 Å². The van der Waals surface area contributed by atoms with Crippen LogP contribution in [0, 0.1) is 0 Å². The molecule has 1 aromatic heterocycles. The topological polar surface area (TPSA) is 112 Å². The van der Waals surface area contributed by atoms with E-state index in [9.17, 15) is 13.2 Å². The molecular weight excluding hydrogens is 444 g/mol. The molecule has 0 fully saturated rings. The Morgan fingerprint density at radius 1 is 1.09 bits per heavy atom. The first-order valence-electron chi connectivity index (χ1n) is 10.7. The number of nitrogens with zero attached hydrogens (tertiary/aromatic N) is 2. The second kappa shape index (κ2) is 9.95. The van der Waals surface area contributed by atoms with Gasteiger partial charge in [0.25, 0.3) is 15.9 Å². The van der Waals surface area contributed by atoms with Crippen LogP contribution >= 0.6 is 0 Å². The minimum atomic E-state index is -3.83. The smallest absolute Gasteiger partial charge is 0.262 e. The minimum absolute atomic E-state index is 0.0715. The summed E-state index contributed by atoms with van der Waals surface area (Å²) in [5, 5.41) is 7.00. The molecule has 0 radical (unpaired) electrons. The summed E-state index contributed by atoms with van der Waals surface area (Å²) in [4.78, 5) is 12.4. The van der Waals surface area contributed by atoms with Crippen molar-refractivity contribution in [1.29, 1.82) is 0 Å². The first kappa shape index (κ1) is 22.7. The number of hydrogen-bond donors (Lipinski definition) is 2. The molecule has 3 aromatic rings. The zero-order valence-corrected chi connectivity index (χ0v) is 19.1. The number of sulfonamides is 1. The van der Waals surface area contributed by atoms with E-state index >= 15 is 0 Å². The molecule has 0 unspecified atom stereocenters. The fourth-order valence-electron chi connectivity index (χ4n) is 3.41. The largest absolute Gasteiger partial charge is 0.490 e. The first-order chi connectivity index (χ1) is 15.9. The highest BCUT2D eigenvalue weighted by Crippen LogP contribution is 2.32. The van der Waals surface area contributed by atoms with Gasteiger partial charge in [-0.3, -0.25) is 14.2 Å². The van der Waals surface area contributed by atoms with E-state index in [-0.39, 0.29) is 10.8 Å². The zero-order chi connectivity index (χ0) is 23.3. The van der Waals surface area contributed by atoms with Crippen molar-refractivity contribution >= 4 is 21.6 Å². The molecule has 0 bridgehead atoms. The number of hydrogen-bond acceptors (Lipinski definition) is 6. The van der Waals surface area contributed by atoms with Crippen molar-refractivity contribution in [2.45, 2.75) is 24.2 Å². The maximum absolute atomic E-state index is 12.8. The molecule has 0 saturated carbocycles. The average Bonchev–Trinajstić information content (AvgIpc) is 3.07. The van der Waals surface area contributed by atoms with E-state index < -0.39 is 10.0 Å². The van der Waals surface area contributed by atoms with Crippen LogP contribution in [0.15, 0.2) is 59.8 Å². The lowest BCUT2D eigenvalue weighted by atomic mass is 10.2. The quantitative estimate of drug-likeness (QED) is 0.490. The lowest BCUT2D eigenvalue weighted by Gasteiger charge is -2.12. The zero-order valence-electron chi connectivity index (χ0n) is 18.3. The summed E-state index contributed by atoms with van der Waals surface area (Å²) >= 11 is 0. The van der Waals surface area contributed by atoms with Gasteiger partial charge in [-0.05, 0) is 54.8 Å². The van der Waals surface area contributed by atoms with Crippen LogP contribution in [0.4, 0.5) is 5.69 Å². The third-order valence-corrected chi connectivity index (χ3v) is 6.49. The predicted molar refractivity (Wildman–Crippen MR) is 123 cm³/mol. The molecule has 0 spiro atoms. The van der Waals surface area contributed by atoms with Crippen LogP contribution in [0.2, 0.25) is 0 Å². The number of carbonyl (C=O) groups is 1. The van der Waals surface area contributed by atoms with Gasteiger partial charge in [-0.15, -0.1) is 0 Å². The Balaban J connectivity index is 1.33.